The first-order valence-electron chi connectivity index (χ1n) is 11.1. The van der Waals surface area contributed by atoms with Gasteiger partial charge in [0.15, 0.2) is 16.7 Å². The van der Waals surface area contributed by atoms with Crippen LogP contribution >= 0.6 is 12.2 Å². The Labute approximate surface area is 198 Å². The number of rotatable bonds is 4. The van der Waals surface area contributed by atoms with Gasteiger partial charge in [0.25, 0.3) is 0 Å². The van der Waals surface area contributed by atoms with Crippen molar-refractivity contribution in [1.82, 2.24) is 25.2 Å². The fourth-order valence-electron chi connectivity index (χ4n) is 4.04. The van der Waals surface area contributed by atoms with Gasteiger partial charge in [-0.1, -0.05) is 0 Å². The molecule has 1 aromatic heterocycles. The lowest BCUT2D eigenvalue weighted by atomic mass is 10.0. The summed E-state index contributed by atoms with van der Waals surface area (Å²) in [6.07, 6.45) is 4.45. The van der Waals surface area contributed by atoms with Crippen molar-refractivity contribution in [3.63, 3.8) is 0 Å². The monoisotopic (exact) mass is 478 g/mol. The number of carbonyl (C=O) groups excluding carboxylic acids is 1. The van der Waals surface area contributed by atoms with Gasteiger partial charge in [0.05, 0.1) is 32.2 Å². The number of likely N-dealkylation sites (tertiary alicyclic amines) is 1. The summed E-state index contributed by atoms with van der Waals surface area (Å²) in [6, 6.07) is 0. The van der Waals surface area contributed by atoms with E-state index in [4.69, 9.17) is 32.2 Å². The van der Waals surface area contributed by atoms with Crippen molar-refractivity contribution in [2.45, 2.75) is 25.6 Å². The highest BCUT2D eigenvalue weighted by Gasteiger charge is 2.40. The zero-order valence-electron chi connectivity index (χ0n) is 18.7. The molecule has 0 bridgehead atoms. The number of nitrogens with two attached hydrogens (primary N) is 1. The summed E-state index contributed by atoms with van der Waals surface area (Å²) in [5.74, 6) is 0.411. The minimum atomic E-state index is -0.452. The fourth-order valence-corrected chi connectivity index (χ4v) is 4.26. The number of piperazine rings is 1. The summed E-state index contributed by atoms with van der Waals surface area (Å²) in [6.45, 7) is 7.24. The second-order valence-corrected chi connectivity index (χ2v) is 8.33. The van der Waals surface area contributed by atoms with E-state index in [1.807, 2.05) is 9.80 Å². The predicted molar refractivity (Wildman–Crippen MR) is 125 cm³/mol. The molecule has 0 aliphatic carbocycles. The highest BCUT2D eigenvalue weighted by Crippen LogP contribution is 2.31. The van der Waals surface area contributed by atoms with Crippen LogP contribution < -0.4 is 16.1 Å². The topological polar surface area (TPSA) is 131 Å². The first-order chi connectivity index (χ1) is 16.0. The molecule has 3 fully saturated rings. The number of carbonyl (C=O) groups is 1. The third kappa shape index (κ3) is 5.60. The van der Waals surface area contributed by atoms with Crippen LogP contribution in [0.25, 0.3) is 0 Å². The van der Waals surface area contributed by atoms with E-state index in [9.17, 15) is 4.79 Å². The standard InChI is InChI=1S/C20H30N8O4S/c1-2-30-19(29)28-9-7-26(8-10-28)16-14-22-13-15(23-16)17(21)24-25-18(33)27-5-3-20(4-6-27)31-11-12-32-20/h13-14H,2-12H2,1H3,(H2,21,24)(H,25,33). The summed E-state index contributed by atoms with van der Waals surface area (Å²) in [5, 5.41) is 4.70. The Balaban J connectivity index is 1.30. The van der Waals surface area contributed by atoms with E-state index in [0.717, 1.165) is 12.8 Å². The minimum absolute atomic E-state index is 0.188. The van der Waals surface area contributed by atoms with Crippen LogP contribution in [-0.2, 0) is 14.2 Å². The zero-order valence-corrected chi connectivity index (χ0v) is 19.6. The van der Waals surface area contributed by atoms with Crippen molar-refractivity contribution in [3.05, 3.63) is 18.1 Å². The van der Waals surface area contributed by atoms with E-state index in [0.29, 0.717) is 75.7 Å². The molecular weight excluding hydrogens is 448 g/mol. The average molecular weight is 479 g/mol. The zero-order chi connectivity index (χ0) is 23.3. The molecule has 1 aromatic rings. The van der Waals surface area contributed by atoms with Gasteiger partial charge in [-0.25, -0.2) is 9.78 Å². The minimum Gasteiger partial charge on any atom is -0.450 e. The van der Waals surface area contributed by atoms with Gasteiger partial charge in [0.1, 0.15) is 11.5 Å². The highest BCUT2D eigenvalue weighted by atomic mass is 32.1. The summed E-state index contributed by atoms with van der Waals surface area (Å²) < 4.78 is 16.6. The van der Waals surface area contributed by atoms with Crippen molar-refractivity contribution < 1.29 is 19.0 Å². The lowest BCUT2D eigenvalue weighted by molar-refractivity contribution is -0.180. The lowest BCUT2D eigenvalue weighted by Gasteiger charge is -2.38. The molecule has 33 heavy (non-hydrogen) atoms. The maximum absolute atomic E-state index is 11.9. The molecule has 3 aliphatic heterocycles. The number of piperidine rings is 1. The molecule has 3 N–H and O–H groups in total. The summed E-state index contributed by atoms with van der Waals surface area (Å²) in [7, 11) is 0. The van der Waals surface area contributed by atoms with E-state index in [1.165, 1.54) is 0 Å². The Hall–Kier alpha value is -2.77. The van der Waals surface area contributed by atoms with Crippen LogP contribution in [0.3, 0.4) is 0 Å². The molecule has 0 aromatic carbocycles. The Morgan fingerprint density at radius 3 is 2.55 bits per heavy atom. The second-order valence-electron chi connectivity index (χ2n) is 7.94. The van der Waals surface area contributed by atoms with Crippen LogP contribution in [0.1, 0.15) is 25.5 Å². The van der Waals surface area contributed by atoms with Gasteiger partial charge in [0.2, 0.25) is 0 Å². The molecule has 0 saturated carbocycles. The Kier molecular flexibility index (Phi) is 7.40. The largest absolute Gasteiger partial charge is 0.450 e. The van der Waals surface area contributed by atoms with Gasteiger partial charge in [0, 0.05) is 52.1 Å². The van der Waals surface area contributed by atoms with Crippen LogP contribution in [0.5, 0.6) is 0 Å². The third-order valence-corrected chi connectivity index (χ3v) is 6.26. The highest BCUT2D eigenvalue weighted by molar-refractivity contribution is 7.80. The molecule has 13 heteroatoms. The van der Waals surface area contributed by atoms with Crippen LogP contribution in [0.15, 0.2) is 17.5 Å². The van der Waals surface area contributed by atoms with Crippen LogP contribution in [-0.4, -0.2) is 102 Å². The molecule has 3 saturated heterocycles. The number of anilines is 1. The van der Waals surface area contributed by atoms with Crippen LogP contribution in [0.2, 0.25) is 0 Å². The van der Waals surface area contributed by atoms with Gasteiger partial charge in [-0.2, -0.15) is 5.10 Å². The second kappa shape index (κ2) is 10.4. The third-order valence-electron chi connectivity index (χ3n) is 5.91. The number of hydrogen-bond donors (Lipinski definition) is 2. The van der Waals surface area contributed by atoms with E-state index >= 15 is 0 Å². The van der Waals surface area contributed by atoms with Crippen molar-refractivity contribution in [1.29, 1.82) is 0 Å². The molecule has 180 valence electrons. The van der Waals surface area contributed by atoms with Gasteiger partial charge >= 0.3 is 6.09 Å². The summed E-state index contributed by atoms with van der Waals surface area (Å²) in [4.78, 5) is 26.5. The van der Waals surface area contributed by atoms with Crippen molar-refractivity contribution in [3.8, 4) is 0 Å². The van der Waals surface area contributed by atoms with Crippen LogP contribution in [0.4, 0.5) is 10.6 Å². The smallest absolute Gasteiger partial charge is 0.409 e. The first kappa shape index (κ1) is 23.4. The lowest BCUT2D eigenvalue weighted by Crippen LogP contribution is -2.49. The van der Waals surface area contributed by atoms with Gasteiger partial charge in [-0.15, -0.1) is 0 Å². The number of nitrogens with one attached hydrogen (secondary N) is 1. The quantitative estimate of drug-likeness (QED) is 0.264. The summed E-state index contributed by atoms with van der Waals surface area (Å²) in [5.41, 5.74) is 9.44. The molecule has 0 atom stereocenters. The molecule has 4 rings (SSSR count). The van der Waals surface area contributed by atoms with Crippen LogP contribution in [0, 0.1) is 0 Å². The van der Waals surface area contributed by atoms with Gasteiger partial charge < -0.3 is 34.6 Å². The van der Waals surface area contributed by atoms with Crippen molar-refractivity contribution in [2.24, 2.45) is 10.8 Å². The average Bonchev–Trinajstić information content (AvgIpc) is 3.31. The number of ether oxygens (including phenoxy) is 3. The van der Waals surface area contributed by atoms with Gasteiger partial charge in [-0.05, 0) is 19.1 Å². The number of amides is 1. The normalized spacial score (nSPS) is 20.8. The fraction of sp³-hybridized carbons (Fsp3) is 0.650. The van der Waals surface area contributed by atoms with Crippen molar-refractivity contribution in [2.75, 3.05) is 64.0 Å². The number of amidine groups is 1. The SMILES string of the molecule is CCOC(=O)N1CCN(c2cncc(/C(N)=N\NC(=S)N3CCC4(CC3)OCCO4)n2)CC1. The number of thiocarbonyl (C=S) groups is 1. The Morgan fingerprint density at radius 2 is 1.88 bits per heavy atom. The first-order valence-corrected chi connectivity index (χ1v) is 11.6. The Bertz CT molecular complexity index is 877. The van der Waals surface area contributed by atoms with Gasteiger partial charge in [-0.3, -0.25) is 10.4 Å². The molecular formula is C20H30N8O4S. The molecule has 1 amide bonds. The van der Waals surface area contributed by atoms with E-state index in [1.54, 1.807) is 24.2 Å². The molecule has 4 heterocycles. The number of hydrazone groups is 1. The molecule has 1 spiro atoms. The molecule has 3 aliphatic rings. The van der Waals surface area contributed by atoms with Crippen molar-refractivity contribution >= 4 is 35.1 Å². The molecule has 0 unspecified atom stereocenters. The summed E-state index contributed by atoms with van der Waals surface area (Å²) >= 11 is 5.47. The maximum Gasteiger partial charge on any atom is 0.409 e. The number of aromatic nitrogens is 2. The number of hydrogen-bond acceptors (Lipinski definition) is 9. The van der Waals surface area contributed by atoms with E-state index < -0.39 is 5.79 Å². The molecule has 12 nitrogen and oxygen atoms in total. The molecule has 0 radical (unpaired) electrons. The van der Waals surface area contributed by atoms with E-state index in [2.05, 4.69) is 20.5 Å². The number of nitrogens with zero attached hydrogens (tertiary/aromatic N) is 6. The predicted octanol–water partition coefficient (Wildman–Crippen LogP) is 0.0888. The van der Waals surface area contributed by atoms with E-state index in [-0.39, 0.29) is 11.9 Å². The maximum atomic E-state index is 11.9. The Morgan fingerprint density at radius 1 is 1.18 bits per heavy atom.